The molecule has 5 heteroatoms. The molecule has 5 rings (SSSR count). The van der Waals surface area contributed by atoms with E-state index in [0.29, 0.717) is 11.5 Å². The van der Waals surface area contributed by atoms with Crippen LogP contribution in [-0.4, -0.2) is 52.5 Å². The Kier molecular flexibility index (Phi) is 6.58. The lowest BCUT2D eigenvalue weighted by atomic mass is 9.67. The fourth-order valence-corrected chi connectivity index (χ4v) is 6.86. The molecule has 0 radical (unpaired) electrons. The van der Waals surface area contributed by atoms with Crippen LogP contribution >= 0.6 is 0 Å². The average molecular weight is 453 g/mol. The predicted octanol–water partition coefficient (Wildman–Crippen LogP) is 5.24. The summed E-state index contributed by atoms with van der Waals surface area (Å²) in [5.74, 6) is 0.827. The molecule has 3 fully saturated rings. The van der Waals surface area contributed by atoms with E-state index in [0.717, 1.165) is 23.0 Å². The Hall–Kier alpha value is -1.43. The second-order valence-electron chi connectivity index (χ2n) is 12.0. The molecular weight excluding hydrogens is 408 g/mol. The molecule has 2 aromatic rings. The van der Waals surface area contributed by atoms with E-state index in [1.807, 2.05) is 26.0 Å². The maximum atomic E-state index is 10.3. The van der Waals surface area contributed by atoms with Gasteiger partial charge in [0.2, 0.25) is 0 Å². The van der Waals surface area contributed by atoms with Gasteiger partial charge in [0.1, 0.15) is 0 Å². The van der Waals surface area contributed by atoms with Gasteiger partial charge in [-0.15, -0.1) is 0 Å². The van der Waals surface area contributed by atoms with Crippen molar-refractivity contribution in [3.63, 3.8) is 0 Å². The lowest BCUT2D eigenvalue weighted by Crippen LogP contribution is -2.44. The summed E-state index contributed by atoms with van der Waals surface area (Å²) < 4.78 is 2.21. The lowest BCUT2D eigenvalue weighted by molar-refractivity contribution is 0.0653. The second-order valence-corrected chi connectivity index (χ2v) is 12.0. The van der Waals surface area contributed by atoms with Gasteiger partial charge in [0, 0.05) is 24.2 Å². The molecule has 0 bridgehead atoms. The molecule has 1 aromatic carbocycles. The lowest BCUT2D eigenvalue weighted by Gasteiger charge is -2.45. The SMILES string of the molecule is CN(CC1CCC(n2cc3ccc(C(C)(C)O)cc3n2)CC1)C1CCC2(CCNCC2)CC1. The largest absolute Gasteiger partial charge is 0.386 e. The van der Waals surface area contributed by atoms with Crippen molar-refractivity contribution in [3.8, 4) is 0 Å². The van der Waals surface area contributed by atoms with Crippen LogP contribution in [0.4, 0.5) is 0 Å². The zero-order valence-electron chi connectivity index (χ0n) is 21.0. The molecule has 1 aliphatic heterocycles. The van der Waals surface area contributed by atoms with E-state index in [4.69, 9.17) is 5.10 Å². The summed E-state index contributed by atoms with van der Waals surface area (Å²) in [7, 11) is 2.39. The van der Waals surface area contributed by atoms with Gasteiger partial charge in [-0.1, -0.05) is 12.1 Å². The molecule has 1 saturated heterocycles. The number of rotatable bonds is 5. The van der Waals surface area contributed by atoms with Crippen molar-refractivity contribution in [2.24, 2.45) is 11.3 Å². The summed E-state index contributed by atoms with van der Waals surface area (Å²) >= 11 is 0. The first-order valence-corrected chi connectivity index (χ1v) is 13.4. The second kappa shape index (κ2) is 9.31. The van der Waals surface area contributed by atoms with Crippen molar-refractivity contribution in [2.75, 3.05) is 26.7 Å². The van der Waals surface area contributed by atoms with Crippen LogP contribution in [-0.2, 0) is 5.60 Å². The number of nitrogens with one attached hydrogen (secondary N) is 1. The van der Waals surface area contributed by atoms with Crippen molar-refractivity contribution < 1.29 is 5.11 Å². The molecule has 182 valence electrons. The molecule has 2 N–H and O–H groups in total. The minimum Gasteiger partial charge on any atom is -0.386 e. The molecular formula is C28H44N4O. The van der Waals surface area contributed by atoms with E-state index in [2.05, 4.69) is 34.2 Å². The highest BCUT2D eigenvalue weighted by Crippen LogP contribution is 2.44. The van der Waals surface area contributed by atoms with Gasteiger partial charge in [0.15, 0.2) is 0 Å². The van der Waals surface area contributed by atoms with Crippen LogP contribution in [0, 0.1) is 11.3 Å². The van der Waals surface area contributed by atoms with E-state index in [1.54, 1.807) is 0 Å². The van der Waals surface area contributed by atoms with Gasteiger partial charge >= 0.3 is 0 Å². The Labute approximate surface area is 199 Å². The normalized spacial score (nSPS) is 26.9. The van der Waals surface area contributed by atoms with Gasteiger partial charge in [-0.2, -0.15) is 5.10 Å². The van der Waals surface area contributed by atoms with Crippen molar-refractivity contribution >= 4 is 10.9 Å². The van der Waals surface area contributed by atoms with Crippen LogP contribution in [0.15, 0.2) is 24.4 Å². The fraction of sp³-hybridized carbons (Fsp3) is 0.750. The van der Waals surface area contributed by atoms with E-state index in [-0.39, 0.29) is 0 Å². The van der Waals surface area contributed by atoms with Gasteiger partial charge in [-0.25, -0.2) is 0 Å². The molecule has 2 aliphatic carbocycles. The zero-order valence-corrected chi connectivity index (χ0v) is 21.0. The Bertz CT molecular complexity index is 921. The maximum Gasteiger partial charge on any atom is 0.0927 e. The van der Waals surface area contributed by atoms with Crippen LogP contribution in [0.1, 0.15) is 89.7 Å². The van der Waals surface area contributed by atoms with Crippen molar-refractivity contribution in [3.05, 3.63) is 30.0 Å². The van der Waals surface area contributed by atoms with Gasteiger partial charge in [0.25, 0.3) is 0 Å². The summed E-state index contributed by atoms with van der Waals surface area (Å²) in [6.07, 6.45) is 15.8. The van der Waals surface area contributed by atoms with Crippen molar-refractivity contribution in [2.45, 2.75) is 95.7 Å². The molecule has 2 heterocycles. The standard InChI is InChI=1S/C28H44N4O/c1-27(2,33)23-7-6-22-20-32(30-26(22)18-23)25-8-4-21(5-9-25)19-31(3)24-10-12-28(13-11-24)14-16-29-17-15-28/h6-7,18,20-21,24-25,29,33H,4-5,8-17,19H2,1-3H3. The first-order chi connectivity index (χ1) is 15.8. The number of piperidine rings is 1. The van der Waals surface area contributed by atoms with Crippen molar-refractivity contribution in [1.29, 1.82) is 0 Å². The molecule has 0 atom stereocenters. The van der Waals surface area contributed by atoms with E-state index >= 15 is 0 Å². The van der Waals surface area contributed by atoms with E-state index in [9.17, 15) is 5.11 Å². The average Bonchev–Trinajstić information content (AvgIpc) is 3.23. The monoisotopic (exact) mass is 452 g/mol. The Balaban J connectivity index is 1.12. The molecule has 2 saturated carbocycles. The highest BCUT2D eigenvalue weighted by Gasteiger charge is 2.37. The molecule has 5 nitrogen and oxygen atoms in total. The molecule has 1 aromatic heterocycles. The summed E-state index contributed by atoms with van der Waals surface area (Å²) in [6, 6.07) is 7.48. The van der Waals surface area contributed by atoms with Crippen LogP contribution in [0.5, 0.6) is 0 Å². The number of hydrogen-bond donors (Lipinski definition) is 2. The number of fused-ring (bicyclic) bond motifs is 1. The minimum atomic E-state index is -0.825. The van der Waals surface area contributed by atoms with Crippen LogP contribution in [0.2, 0.25) is 0 Å². The molecule has 3 aliphatic rings. The third kappa shape index (κ3) is 5.16. The summed E-state index contributed by atoms with van der Waals surface area (Å²) in [4.78, 5) is 2.71. The molecule has 0 unspecified atom stereocenters. The first kappa shape index (κ1) is 23.3. The van der Waals surface area contributed by atoms with Crippen LogP contribution in [0.3, 0.4) is 0 Å². The highest BCUT2D eigenvalue weighted by molar-refractivity contribution is 5.79. The maximum absolute atomic E-state index is 10.3. The Morgan fingerprint density at radius 1 is 1.06 bits per heavy atom. The van der Waals surface area contributed by atoms with Gasteiger partial charge in [-0.3, -0.25) is 4.68 Å². The third-order valence-corrected chi connectivity index (χ3v) is 9.27. The van der Waals surface area contributed by atoms with E-state index < -0.39 is 5.60 Å². The number of hydrogen-bond acceptors (Lipinski definition) is 4. The Morgan fingerprint density at radius 2 is 1.76 bits per heavy atom. The smallest absolute Gasteiger partial charge is 0.0927 e. The zero-order chi connectivity index (χ0) is 23.1. The van der Waals surface area contributed by atoms with Crippen LogP contribution < -0.4 is 5.32 Å². The number of aromatic nitrogens is 2. The molecule has 33 heavy (non-hydrogen) atoms. The summed E-state index contributed by atoms with van der Waals surface area (Å²) in [6.45, 7) is 7.40. The topological polar surface area (TPSA) is 53.3 Å². The van der Waals surface area contributed by atoms with Gasteiger partial charge in [0.05, 0.1) is 17.2 Å². The number of benzene rings is 1. The quantitative estimate of drug-likeness (QED) is 0.651. The van der Waals surface area contributed by atoms with Gasteiger partial charge in [-0.05, 0) is 121 Å². The summed E-state index contributed by atoms with van der Waals surface area (Å²) in [5.41, 5.74) is 1.78. The Morgan fingerprint density at radius 3 is 2.42 bits per heavy atom. The highest BCUT2D eigenvalue weighted by atomic mass is 16.3. The number of aliphatic hydroxyl groups is 1. The fourth-order valence-electron chi connectivity index (χ4n) is 6.86. The third-order valence-electron chi connectivity index (χ3n) is 9.27. The predicted molar refractivity (Wildman–Crippen MR) is 135 cm³/mol. The van der Waals surface area contributed by atoms with Crippen LogP contribution in [0.25, 0.3) is 10.9 Å². The summed E-state index contributed by atoms with van der Waals surface area (Å²) in [5, 5.41) is 19.9. The van der Waals surface area contributed by atoms with E-state index in [1.165, 1.54) is 89.2 Å². The molecule has 0 amide bonds. The molecule has 1 spiro atoms. The van der Waals surface area contributed by atoms with Gasteiger partial charge < -0.3 is 15.3 Å². The van der Waals surface area contributed by atoms with Crippen molar-refractivity contribution in [1.82, 2.24) is 20.0 Å². The number of nitrogens with zero attached hydrogens (tertiary/aromatic N) is 3. The minimum absolute atomic E-state index is 0.513. The first-order valence-electron chi connectivity index (χ1n) is 13.4.